The Morgan fingerprint density at radius 1 is 1.45 bits per heavy atom. The molecule has 1 N–H and O–H groups in total. The van der Waals surface area contributed by atoms with Crippen LogP contribution in [0.1, 0.15) is 36.2 Å². The molecule has 5 nitrogen and oxygen atoms in total. The first kappa shape index (κ1) is 16.4. The van der Waals surface area contributed by atoms with Crippen molar-refractivity contribution in [3.63, 3.8) is 0 Å². The van der Waals surface area contributed by atoms with E-state index in [9.17, 15) is 14.9 Å². The van der Waals surface area contributed by atoms with E-state index in [-0.39, 0.29) is 23.2 Å². The van der Waals surface area contributed by atoms with Gasteiger partial charge in [-0.25, -0.2) is 0 Å². The van der Waals surface area contributed by atoms with Gasteiger partial charge in [0.05, 0.1) is 4.92 Å². The molecule has 0 aromatic heterocycles. The fourth-order valence-corrected chi connectivity index (χ4v) is 2.27. The largest absolute Gasteiger partial charge is 0.349 e. The Morgan fingerprint density at radius 2 is 2.10 bits per heavy atom. The number of aryl methyl sites for hydroxylation is 1. The Morgan fingerprint density at radius 3 is 2.60 bits per heavy atom. The lowest BCUT2D eigenvalue weighted by atomic mass is 10.00. The van der Waals surface area contributed by atoms with E-state index in [1.165, 1.54) is 6.07 Å². The van der Waals surface area contributed by atoms with Crippen LogP contribution < -0.4 is 5.32 Å². The van der Waals surface area contributed by atoms with Crippen LogP contribution in [0.25, 0.3) is 0 Å². The minimum atomic E-state index is -0.534. The van der Waals surface area contributed by atoms with E-state index >= 15 is 0 Å². The number of nitro groups is 1. The van der Waals surface area contributed by atoms with Crippen molar-refractivity contribution in [2.24, 2.45) is 5.92 Å². The van der Waals surface area contributed by atoms with Crippen LogP contribution in [0, 0.1) is 23.0 Å². The van der Waals surface area contributed by atoms with Gasteiger partial charge < -0.3 is 5.32 Å². The van der Waals surface area contributed by atoms with E-state index in [0.717, 1.165) is 0 Å². The summed E-state index contributed by atoms with van der Waals surface area (Å²) < 4.78 is 0. The van der Waals surface area contributed by atoms with E-state index < -0.39 is 10.8 Å². The number of nitrogens with one attached hydrogen (secondary N) is 1. The first-order valence-corrected chi connectivity index (χ1v) is 7.02. The minimum Gasteiger partial charge on any atom is -0.349 e. The van der Waals surface area contributed by atoms with Gasteiger partial charge in [-0.15, -0.1) is 11.6 Å². The smallest absolute Gasteiger partial charge is 0.282 e. The molecule has 0 fully saturated rings. The first-order chi connectivity index (χ1) is 9.38. The molecule has 20 heavy (non-hydrogen) atoms. The summed E-state index contributed by atoms with van der Waals surface area (Å²) in [6.07, 6.45) is 0.630. The summed E-state index contributed by atoms with van der Waals surface area (Å²) >= 11 is 5.72. The van der Waals surface area contributed by atoms with Gasteiger partial charge in [0.15, 0.2) is 0 Å². The summed E-state index contributed by atoms with van der Waals surface area (Å²) in [5, 5.41) is 13.9. The lowest BCUT2D eigenvalue weighted by Crippen LogP contribution is -2.39. The van der Waals surface area contributed by atoms with Crippen LogP contribution in [-0.4, -0.2) is 22.8 Å². The van der Waals surface area contributed by atoms with Crippen LogP contribution in [0.15, 0.2) is 18.2 Å². The Balaban J connectivity index is 3.05. The van der Waals surface area contributed by atoms with Crippen LogP contribution >= 0.6 is 11.6 Å². The number of nitro benzene ring substituents is 1. The predicted octanol–water partition coefficient (Wildman–Crippen LogP) is 3.29. The second kappa shape index (κ2) is 7.24. The highest BCUT2D eigenvalue weighted by Crippen LogP contribution is 2.22. The molecule has 110 valence electrons. The normalized spacial score (nSPS) is 12.2. The second-order valence-electron chi connectivity index (χ2n) is 5.03. The third kappa shape index (κ3) is 3.93. The van der Waals surface area contributed by atoms with Crippen molar-refractivity contribution >= 4 is 23.2 Å². The summed E-state index contributed by atoms with van der Waals surface area (Å²) in [4.78, 5) is 22.8. The molecular formula is C14H19ClN2O3. The SMILES string of the molecule is Cc1cccc([N+](=O)[O-])c1C(=O)NC(CCCl)C(C)C. The van der Waals surface area contributed by atoms with Gasteiger partial charge >= 0.3 is 0 Å². The summed E-state index contributed by atoms with van der Waals surface area (Å²) in [6, 6.07) is 4.50. The topological polar surface area (TPSA) is 72.2 Å². The molecule has 0 saturated carbocycles. The maximum atomic E-state index is 12.3. The van der Waals surface area contributed by atoms with Gasteiger partial charge in [-0.3, -0.25) is 14.9 Å². The van der Waals surface area contributed by atoms with Crippen molar-refractivity contribution < 1.29 is 9.72 Å². The average molecular weight is 299 g/mol. The van der Waals surface area contributed by atoms with Crippen molar-refractivity contribution in [3.05, 3.63) is 39.4 Å². The molecule has 0 aliphatic rings. The Labute approximate surface area is 123 Å². The number of rotatable bonds is 6. The molecule has 0 heterocycles. The molecule has 1 rings (SSSR count). The van der Waals surface area contributed by atoms with E-state index in [0.29, 0.717) is 17.9 Å². The molecule has 6 heteroatoms. The summed E-state index contributed by atoms with van der Waals surface area (Å²) in [7, 11) is 0. The lowest BCUT2D eigenvalue weighted by Gasteiger charge is -2.21. The molecule has 1 aromatic rings. The number of amides is 1. The van der Waals surface area contributed by atoms with Crippen LogP contribution in [-0.2, 0) is 0 Å². The molecule has 1 amide bonds. The molecule has 1 atom stereocenters. The average Bonchev–Trinajstić information content (AvgIpc) is 2.37. The third-order valence-corrected chi connectivity index (χ3v) is 3.43. The molecule has 0 saturated heterocycles. The molecule has 0 aliphatic heterocycles. The van der Waals surface area contributed by atoms with Crippen LogP contribution in [0.2, 0.25) is 0 Å². The van der Waals surface area contributed by atoms with Gasteiger partial charge in [0, 0.05) is 18.0 Å². The monoisotopic (exact) mass is 298 g/mol. The van der Waals surface area contributed by atoms with Crippen molar-refractivity contribution in [2.75, 3.05) is 5.88 Å². The van der Waals surface area contributed by atoms with Gasteiger partial charge in [-0.2, -0.15) is 0 Å². The van der Waals surface area contributed by atoms with Gasteiger partial charge in [-0.1, -0.05) is 26.0 Å². The Kier molecular flexibility index (Phi) is 5.95. The third-order valence-electron chi connectivity index (χ3n) is 3.22. The van der Waals surface area contributed by atoms with Gasteiger partial charge in [0.1, 0.15) is 5.56 Å². The van der Waals surface area contributed by atoms with Crippen molar-refractivity contribution in [3.8, 4) is 0 Å². The standard InChI is InChI=1S/C14H19ClN2O3/c1-9(2)11(7-8-15)16-14(18)13-10(3)5-4-6-12(13)17(19)20/h4-6,9,11H,7-8H2,1-3H3,(H,16,18). The molecule has 0 aliphatic carbocycles. The first-order valence-electron chi connectivity index (χ1n) is 6.49. The fraction of sp³-hybridized carbons (Fsp3) is 0.500. The Hall–Kier alpha value is -1.62. The zero-order chi connectivity index (χ0) is 15.3. The Bertz CT molecular complexity index is 503. The number of carbonyl (C=O) groups excluding carboxylic acids is 1. The summed E-state index contributed by atoms with van der Waals surface area (Å²) in [5.41, 5.74) is 0.540. The van der Waals surface area contributed by atoms with Crippen LogP contribution in [0.3, 0.4) is 0 Å². The molecule has 0 radical (unpaired) electrons. The molecule has 0 spiro atoms. The number of carbonyl (C=O) groups is 1. The number of halogens is 1. The van der Waals surface area contributed by atoms with E-state index in [1.54, 1.807) is 19.1 Å². The van der Waals surface area contributed by atoms with Gasteiger partial charge in [0.2, 0.25) is 0 Å². The van der Waals surface area contributed by atoms with Crippen molar-refractivity contribution in [1.29, 1.82) is 0 Å². The molecule has 0 bridgehead atoms. The van der Waals surface area contributed by atoms with Gasteiger partial charge in [-0.05, 0) is 24.8 Å². The van der Waals surface area contributed by atoms with Crippen LogP contribution in [0.4, 0.5) is 5.69 Å². The number of hydrogen-bond donors (Lipinski definition) is 1. The van der Waals surface area contributed by atoms with E-state index in [1.807, 2.05) is 13.8 Å². The van der Waals surface area contributed by atoms with E-state index in [4.69, 9.17) is 11.6 Å². The number of alkyl halides is 1. The lowest BCUT2D eigenvalue weighted by molar-refractivity contribution is -0.385. The second-order valence-corrected chi connectivity index (χ2v) is 5.41. The van der Waals surface area contributed by atoms with Crippen molar-refractivity contribution in [1.82, 2.24) is 5.32 Å². The number of nitrogens with zero attached hydrogens (tertiary/aromatic N) is 1. The fourth-order valence-electron chi connectivity index (χ4n) is 2.03. The predicted molar refractivity (Wildman–Crippen MR) is 79.3 cm³/mol. The van der Waals surface area contributed by atoms with Gasteiger partial charge in [0.25, 0.3) is 11.6 Å². The number of hydrogen-bond acceptors (Lipinski definition) is 3. The van der Waals surface area contributed by atoms with Crippen molar-refractivity contribution in [2.45, 2.75) is 33.2 Å². The molecule has 1 unspecified atom stereocenters. The zero-order valence-corrected chi connectivity index (χ0v) is 12.6. The summed E-state index contributed by atoms with van der Waals surface area (Å²) in [6.45, 7) is 5.64. The minimum absolute atomic E-state index is 0.0980. The maximum Gasteiger partial charge on any atom is 0.282 e. The zero-order valence-electron chi connectivity index (χ0n) is 11.9. The summed E-state index contributed by atoms with van der Waals surface area (Å²) in [5.74, 6) is 0.221. The highest BCUT2D eigenvalue weighted by atomic mass is 35.5. The van der Waals surface area contributed by atoms with Crippen LogP contribution in [0.5, 0.6) is 0 Å². The maximum absolute atomic E-state index is 12.3. The van der Waals surface area contributed by atoms with E-state index in [2.05, 4.69) is 5.32 Å². The number of benzene rings is 1. The molecular weight excluding hydrogens is 280 g/mol. The highest BCUT2D eigenvalue weighted by Gasteiger charge is 2.24. The molecule has 1 aromatic carbocycles. The quantitative estimate of drug-likeness (QED) is 0.497. The highest BCUT2D eigenvalue weighted by molar-refractivity contribution is 6.17.